The van der Waals surface area contributed by atoms with Crippen molar-refractivity contribution in [1.29, 1.82) is 5.26 Å². The fourth-order valence-corrected chi connectivity index (χ4v) is 1.63. The van der Waals surface area contributed by atoms with Gasteiger partial charge in [0.1, 0.15) is 17.9 Å². The number of rotatable bonds is 6. The van der Waals surface area contributed by atoms with E-state index in [-0.39, 0.29) is 19.0 Å². The molecule has 0 bridgehead atoms. The number of nitriles is 1. The molecule has 1 rings (SSSR count). The molecule has 0 radical (unpaired) electrons. The Morgan fingerprint density at radius 3 is 2.55 bits per heavy atom. The molecule has 0 aliphatic carbocycles. The summed E-state index contributed by atoms with van der Waals surface area (Å²) in [5, 5.41) is 28.1. The van der Waals surface area contributed by atoms with Crippen LogP contribution in [0, 0.1) is 16.7 Å². The predicted molar refractivity (Wildman–Crippen MR) is 78.5 cm³/mol. The van der Waals surface area contributed by atoms with E-state index in [0.29, 0.717) is 17.7 Å². The third-order valence-corrected chi connectivity index (χ3v) is 2.84. The molecule has 0 saturated carbocycles. The van der Waals surface area contributed by atoms with Gasteiger partial charge >= 0.3 is 0 Å². The topological polar surface area (TPSA) is 99.5 Å². The smallest absolute Gasteiger partial charge is 0.173 e. The summed E-state index contributed by atoms with van der Waals surface area (Å²) in [5.41, 5.74) is 5.70. The molecule has 0 spiro atoms. The molecule has 4 N–H and O–H groups in total. The average molecular weight is 301 g/mol. The van der Waals surface area contributed by atoms with Gasteiger partial charge in [-0.1, -0.05) is 26.0 Å². The molecule has 20 heavy (non-hydrogen) atoms. The molecule has 0 fully saturated rings. The van der Waals surface area contributed by atoms with Crippen LogP contribution in [-0.2, 0) is 0 Å². The van der Waals surface area contributed by atoms with Gasteiger partial charge in [0.05, 0.1) is 5.56 Å². The van der Waals surface area contributed by atoms with E-state index in [9.17, 15) is 5.11 Å². The van der Waals surface area contributed by atoms with Crippen molar-refractivity contribution in [3.8, 4) is 11.8 Å². The van der Waals surface area contributed by atoms with Crippen molar-refractivity contribution in [1.82, 2.24) is 0 Å². The lowest BCUT2D eigenvalue weighted by molar-refractivity contribution is -0.00147. The minimum atomic E-state index is -0.944. The van der Waals surface area contributed by atoms with Crippen LogP contribution < -0.4 is 10.5 Å². The Kier molecular flexibility index (Phi) is 7.54. The first kappa shape index (κ1) is 18.7. The van der Waals surface area contributed by atoms with Crippen LogP contribution in [0.2, 0.25) is 0 Å². The van der Waals surface area contributed by atoms with Crippen molar-refractivity contribution in [2.75, 3.05) is 6.61 Å². The third kappa shape index (κ3) is 5.35. The first-order valence-electron chi connectivity index (χ1n) is 6.10. The van der Waals surface area contributed by atoms with Crippen LogP contribution >= 0.6 is 12.4 Å². The molecule has 1 aromatic carbocycles. The number of aliphatic hydroxyl groups excluding tert-OH is 2. The lowest BCUT2D eigenvalue weighted by atomic mass is 9.87. The van der Waals surface area contributed by atoms with E-state index < -0.39 is 17.7 Å². The largest absolute Gasteiger partial charge is 0.471 e. The van der Waals surface area contributed by atoms with Gasteiger partial charge < -0.3 is 14.9 Å². The summed E-state index contributed by atoms with van der Waals surface area (Å²) < 4.78 is 5.41. The number of hydrogen-bond donors (Lipinski definition) is 3. The zero-order valence-electron chi connectivity index (χ0n) is 11.6. The molecule has 0 aliphatic rings. The summed E-state index contributed by atoms with van der Waals surface area (Å²) in [5.74, 6) is 0.346. The number of aliphatic hydroxyl groups is 2. The molecule has 6 heteroatoms. The second-order valence-electron chi connectivity index (χ2n) is 5.28. The van der Waals surface area contributed by atoms with Gasteiger partial charge in [0, 0.05) is 6.61 Å². The van der Waals surface area contributed by atoms with E-state index in [0.717, 1.165) is 0 Å². The normalized spacial score (nSPS) is 13.8. The number of nitrogens with zero attached hydrogens (tertiary/aromatic N) is 1. The zero-order chi connectivity index (χ0) is 14.5. The molecule has 0 amide bonds. The van der Waals surface area contributed by atoms with E-state index in [1.54, 1.807) is 24.3 Å². The fourth-order valence-electron chi connectivity index (χ4n) is 1.63. The summed E-state index contributed by atoms with van der Waals surface area (Å²) in [6, 6.07) is 8.70. The minimum Gasteiger partial charge on any atom is -0.471 e. The number of para-hydroxylation sites is 1. The maximum Gasteiger partial charge on any atom is 0.173 e. The van der Waals surface area contributed by atoms with Crippen molar-refractivity contribution in [2.24, 2.45) is 11.1 Å². The molecule has 0 heterocycles. The van der Waals surface area contributed by atoms with Crippen molar-refractivity contribution in [3.63, 3.8) is 0 Å². The number of hydrogen-bond acceptors (Lipinski definition) is 5. The average Bonchev–Trinajstić information content (AvgIpc) is 2.38. The molecule has 0 aliphatic heterocycles. The lowest BCUT2D eigenvalue weighted by Gasteiger charge is -2.28. The highest BCUT2D eigenvalue weighted by molar-refractivity contribution is 5.85. The highest BCUT2D eigenvalue weighted by Gasteiger charge is 2.26. The van der Waals surface area contributed by atoms with Crippen LogP contribution in [0.3, 0.4) is 0 Å². The van der Waals surface area contributed by atoms with Gasteiger partial charge in [0.2, 0.25) is 0 Å². The van der Waals surface area contributed by atoms with Crippen LogP contribution in [0.15, 0.2) is 24.3 Å². The Morgan fingerprint density at radius 2 is 2.00 bits per heavy atom. The lowest BCUT2D eigenvalue weighted by Crippen LogP contribution is -2.42. The number of benzene rings is 1. The van der Waals surface area contributed by atoms with Gasteiger partial charge in [-0.25, -0.2) is 0 Å². The van der Waals surface area contributed by atoms with Gasteiger partial charge in [-0.3, -0.25) is 5.73 Å². The van der Waals surface area contributed by atoms with E-state index >= 15 is 0 Å². The van der Waals surface area contributed by atoms with Gasteiger partial charge in [0.25, 0.3) is 0 Å². The Balaban J connectivity index is 0.00000361. The summed E-state index contributed by atoms with van der Waals surface area (Å²) >= 11 is 0. The summed E-state index contributed by atoms with van der Waals surface area (Å²) in [4.78, 5) is 0. The zero-order valence-corrected chi connectivity index (χ0v) is 12.4. The Bertz CT molecular complexity index is 460. The van der Waals surface area contributed by atoms with E-state index in [1.165, 1.54) is 0 Å². The second-order valence-corrected chi connectivity index (χ2v) is 5.28. The van der Waals surface area contributed by atoms with Crippen LogP contribution in [0.25, 0.3) is 0 Å². The highest BCUT2D eigenvalue weighted by Crippen LogP contribution is 2.24. The number of nitrogens with two attached hydrogens (primary N) is 1. The SMILES string of the molecule is CC(C)(CO)CC(O)C(N)Oc1ccccc1C#N.Cl. The molecular formula is C14H21ClN2O3. The van der Waals surface area contributed by atoms with Crippen LogP contribution in [0.1, 0.15) is 25.8 Å². The molecular weight excluding hydrogens is 280 g/mol. The van der Waals surface area contributed by atoms with Gasteiger partial charge in [0.15, 0.2) is 6.23 Å². The molecule has 1 aromatic rings. The summed E-state index contributed by atoms with van der Waals surface area (Å²) in [6.07, 6.45) is -1.56. The van der Waals surface area contributed by atoms with Gasteiger partial charge in [-0.15, -0.1) is 12.4 Å². The number of halogens is 1. The molecule has 2 unspecified atom stereocenters. The third-order valence-electron chi connectivity index (χ3n) is 2.84. The second kappa shape index (κ2) is 8.08. The van der Waals surface area contributed by atoms with Gasteiger partial charge in [-0.2, -0.15) is 5.26 Å². The van der Waals surface area contributed by atoms with E-state index in [1.807, 2.05) is 19.9 Å². The highest BCUT2D eigenvalue weighted by atomic mass is 35.5. The first-order chi connectivity index (χ1) is 8.89. The van der Waals surface area contributed by atoms with E-state index in [2.05, 4.69) is 0 Å². The molecule has 2 atom stereocenters. The molecule has 5 nitrogen and oxygen atoms in total. The van der Waals surface area contributed by atoms with Crippen molar-refractivity contribution in [3.05, 3.63) is 29.8 Å². The molecule has 0 saturated heterocycles. The summed E-state index contributed by atoms with van der Waals surface area (Å²) in [6.45, 7) is 3.60. The Morgan fingerprint density at radius 1 is 1.40 bits per heavy atom. The first-order valence-corrected chi connectivity index (χ1v) is 6.10. The van der Waals surface area contributed by atoms with Crippen LogP contribution in [0.4, 0.5) is 0 Å². The Hall–Kier alpha value is -1.32. The van der Waals surface area contributed by atoms with Crippen molar-refractivity contribution in [2.45, 2.75) is 32.6 Å². The van der Waals surface area contributed by atoms with E-state index in [4.69, 9.17) is 20.8 Å². The quantitative estimate of drug-likeness (QED) is 0.690. The maximum absolute atomic E-state index is 9.97. The molecule has 0 aromatic heterocycles. The Labute approximate surface area is 125 Å². The van der Waals surface area contributed by atoms with Gasteiger partial charge in [-0.05, 0) is 24.0 Å². The predicted octanol–water partition coefficient (Wildman–Crippen LogP) is 1.41. The van der Waals surface area contributed by atoms with Crippen LogP contribution in [-0.4, -0.2) is 29.2 Å². The monoisotopic (exact) mass is 300 g/mol. The van der Waals surface area contributed by atoms with Crippen molar-refractivity contribution < 1.29 is 14.9 Å². The maximum atomic E-state index is 9.97. The summed E-state index contributed by atoms with van der Waals surface area (Å²) in [7, 11) is 0. The van der Waals surface area contributed by atoms with Crippen molar-refractivity contribution >= 4 is 12.4 Å². The standard InChI is InChI=1S/C14H20N2O3.ClH/c1-14(2,9-17)7-11(18)13(16)19-12-6-4-3-5-10(12)8-15;/h3-6,11,13,17-18H,7,9,16H2,1-2H3;1H. The molecule has 112 valence electrons. The minimum absolute atomic E-state index is 0. The van der Waals surface area contributed by atoms with Crippen LogP contribution in [0.5, 0.6) is 5.75 Å². The number of ether oxygens (including phenoxy) is 1. The fraction of sp³-hybridized carbons (Fsp3) is 0.500.